The lowest BCUT2D eigenvalue weighted by molar-refractivity contribution is 0.104. The van der Waals surface area contributed by atoms with Crippen LogP contribution in [0.15, 0.2) is 84.0 Å². The highest BCUT2D eigenvalue weighted by molar-refractivity contribution is 6.06. The summed E-state index contributed by atoms with van der Waals surface area (Å²) in [5.41, 5.74) is 4.35. The van der Waals surface area contributed by atoms with Crippen molar-refractivity contribution in [3.05, 3.63) is 95.1 Å². The lowest BCUT2D eigenvalue weighted by Gasteiger charge is -2.05. The van der Waals surface area contributed by atoms with Gasteiger partial charge in [0.2, 0.25) is 0 Å². The first-order valence-electron chi connectivity index (χ1n) is 9.34. The van der Waals surface area contributed by atoms with Gasteiger partial charge in [0.05, 0.1) is 0 Å². The molecule has 0 aliphatic heterocycles. The number of rotatable bonds is 9. The van der Waals surface area contributed by atoms with Crippen LogP contribution in [-0.2, 0) is 0 Å². The number of hydrogen-bond donors (Lipinski definition) is 0. The molecular formula is C25H28O2. The Morgan fingerprint density at radius 3 is 2.30 bits per heavy atom. The van der Waals surface area contributed by atoms with Crippen molar-refractivity contribution in [2.75, 3.05) is 6.61 Å². The quantitative estimate of drug-likeness (QED) is 0.284. The van der Waals surface area contributed by atoms with Gasteiger partial charge in [-0.05, 0) is 75.6 Å². The summed E-state index contributed by atoms with van der Waals surface area (Å²) in [6.45, 7) is 6.91. The lowest BCUT2D eigenvalue weighted by atomic mass is 10.1. The number of carbonyl (C=O) groups excluding carboxylic acids is 1. The van der Waals surface area contributed by atoms with Crippen LogP contribution in [0.25, 0.3) is 6.08 Å². The van der Waals surface area contributed by atoms with Crippen molar-refractivity contribution in [3.8, 4) is 5.75 Å². The van der Waals surface area contributed by atoms with Crippen molar-refractivity contribution in [1.82, 2.24) is 0 Å². The number of allylic oxidation sites excluding steroid dienone is 4. The van der Waals surface area contributed by atoms with Crippen LogP contribution >= 0.6 is 0 Å². The molecule has 0 aromatic heterocycles. The molecule has 0 fully saturated rings. The van der Waals surface area contributed by atoms with Crippen LogP contribution in [-0.4, -0.2) is 12.4 Å². The van der Waals surface area contributed by atoms with Gasteiger partial charge in [-0.25, -0.2) is 0 Å². The molecule has 0 saturated carbocycles. The predicted octanol–water partition coefficient (Wildman–Crippen LogP) is 6.65. The van der Waals surface area contributed by atoms with E-state index in [-0.39, 0.29) is 5.78 Å². The van der Waals surface area contributed by atoms with Crippen LogP contribution in [0.2, 0.25) is 0 Å². The van der Waals surface area contributed by atoms with Gasteiger partial charge in [-0.1, -0.05) is 53.6 Å². The second-order valence-corrected chi connectivity index (χ2v) is 6.81. The van der Waals surface area contributed by atoms with E-state index in [1.165, 1.54) is 11.1 Å². The van der Waals surface area contributed by atoms with E-state index < -0.39 is 0 Å². The zero-order valence-corrected chi connectivity index (χ0v) is 16.4. The Morgan fingerprint density at radius 2 is 1.63 bits per heavy atom. The maximum atomic E-state index is 12.2. The van der Waals surface area contributed by atoms with E-state index in [0.29, 0.717) is 12.2 Å². The van der Waals surface area contributed by atoms with Crippen LogP contribution in [0.3, 0.4) is 0 Å². The maximum absolute atomic E-state index is 12.2. The second-order valence-electron chi connectivity index (χ2n) is 6.81. The molecule has 2 aromatic carbocycles. The summed E-state index contributed by atoms with van der Waals surface area (Å²) in [5, 5.41) is 0. The molecule has 2 heteroatoms. The van der Waals surface area contributed by atoms with E-state index in [0.717, 1.165) is 24.2 Å². The van der Waals surface area contributed by atoms with E-state index in [2.05, 4.69) is 32.9 Å². The van der Waals surface area contributed by atoms with E-state index in [9.17, 15) is 4.79 Å². The molecule has 0 heterocycles. The minimum absolute atomic E-state index is 0.0135. The molecule has 0 bridgehead atoms. The van der Waals surface area contributed by atoms with E-state index >= 15 is 0 Å². The smallest absolute Gasteiger partial charge is 0.185 e. The van der Waals surface area contributed by atoms with Crippen LogP contribution in [0.5, 0.6) is 5.75 Å². The minimum Gasteiger partial charge on any atom is -0.490 e. The van der Waals surface area contributed by atoms with Crippen molar-refractivity contribution >= 4 is 11.9 Å². The number of ether oxygens (including phenoxy) is 1. The fourth-order valence-corrected chi connectivity index (χ4v) is 2.52. The van der Waals surface area contributed by atoms with Gasteiger partial charge >= 0.3 is 0 Å². The predicted molar refractivity (Wildman–Crippen MR) is 114 cm³/mol. The molecule has 2 aromatic rings. The minimum atomic E-state index is -0.0135. The SMILES string of the molecule is CC(C)=CCC/C(C)=C/COc1ccc(C(=O)/C=C/c2ccccc2)cc1. The highest BCUT2D eigenvalue weighted by atomic mass is 16.5. The molecule has 0 N–H and O–H groups in total. The maximum Gasteiger partial charge on any atom is 0.185 e. The molecule has 2 rings (SSSR count). The van der Waals surface area contributed by atoms with Crippen molar-refractivity contribution in [2.24, 2.45) is 0 Å². The highest BCUT2D eigenvalue weighted by Crippen LogP contribution is 2.14. The summed E-state index contributed by atoms with van der Waals surface area (Å²) >= 11 is 0. The Hall–Kier alpha value is -2.87. The normalized spacial score (nSPS) is 11.4. The summed E-state index contributed by atoms with van der Waals surface area (Å²) in [6, 6.07) is 17.1. The Labute approximate surface area is 162 Å². The first-order valence-corrected chi connectivity index (χ1v) is 9.34. The molecule has 140 valence electrons. The van der Waals surface area contributed by atoms with E-state index in [4.69, 9.17) is 4.74 Å². The average molecular weight is 360 g/mol. The van der Waals surface area contributed by atoms with Crippen molar-refractivity contribution in [3.63, 3.8) is 0 Å². The van der Waals surface area contributed by atoms with Gasteiger partial charge < -0.3 is 4.74 Å². The van der Waals surface area contributed by atoms with Gasteiger partial charge in [-0.3, -0.25) is 4.79 Å². The molecule has 27 heavy (non-hydrogen) atoms. The van der Waals surface area contributed by atoms with Gasteiger partial charge in [0.25, 0.3) is 0 Å². The molecule has 0 amide bonds. The molecule has 0 spiro atoms. The van der Waals surface area contributed by atoms with Gasteiger partial charge in [0, 0.05) is 5.56 Å². The zero-order valence-electron chi connectivity index (χ0n) is 16.4. The van der Waals surface area contributed by atoms with Crippen LogP contribution in [0.4, 0.5) is 0 Å². The zero-order chi connectivity index (χ0) is 19.5. The molecule has 0 atom stereocenters. The van der Waals surface area contributed by atoms with Crippen LogP contribution in [0, 0.1) is 0 Å². The summed E-state index contributed by atoms with van der Waals surface area (Å²) < 4.78 is 5.75. The molecular weight excluding hydrogens is 332 g/mol. The molecule has 0 aliphatic carbocycles. The van der Waals surface area contributed by atoms with Gasteiger partial charge in [0.15, 0.2) is 5.78 Å². The Bertz CT molecular complexity index is 805. The molecule has 0 aliphatic rings. The molecule has 0 radical (unpaired) electrons. The lowest BCUT2D eigenvalue weighted by Crippen LogP contribution is -1.97. The number of carbonyl (C=O) groups is 1. The number of benzene rings is 2. The largest absolute Gasteiger partial charge is 0.490 e. The third kappa shape index (κ3) is 7.91. The highest BCUT2D eigenvalue weighted by Gasteiger charge is 2.02. The fourth-order valence-electron chi connectivity index (χ4n) is 2.52. The fraction of sp³-hybridized carbons (Fsp3) is 0.240. The van der Waals surface area contributed by atoms with Crippen molar-refractivity contribution in [1.29, 1.82) is 0 Å². The molecule has 0 saturated heterocycles. The topological polar surface area (TPSA) is 26.3 Å². The molecule has 0 unspecified atom stereocenters. The first kappa shape index (κ1) is 20.4. The third-order valence-corrected chi connectivity index (χ3v) is 4.14. The summed E-state index contributed by atoms with van der Waals surface area (Å²) in [6.07, 6.45) is 9.91. The van der Waals surface area contributed by atoms with Crippen LogP contribution in [0.1, 0.15) is 49.5 Å². The van der Waals surface area contributed by atoms with E-state index in [1.54, 1.807) is 18.2 Å². The first-order chi connectivity index (χ1) is 13.0. The van der Waals surface area contributed by atoms with E-state index in [1.807, 2.05) is 48.5 Å². The standard InChI is InChI=1S/C25H28O2/c1-20(2)8-7-9-21(3)18-19-27-24-15-13-23(14-16-24)25(26)17-12-22-10-5-4-6-11-22/h4-6,8,10-18H,7,9,19H2,1-3H3/b17-12+,21-18+. The Balaban J connectivity index is 1.83. The second kappa shape index (κ2) is 11.0. The Kier molecular flexibility index (Phi) is 8.31. The number of ketones is 1. The van der Waals surface area contributed by atoms with Gasteiger partial charge in [-0.15, -0.1) is 0 Å². The summed E-state index contributed by atoms with van der Waals surface area (Å²) in [5.74, 6) is 0.757. The monoisotopic (exact) mass is 360 g/mol. The number of hydrogen-bond acceptors (Lipinski definition) is 2. The average Bonchev–Trinajstić information content (AvgIpc) is 2.67. The Morgan fingerprint density at radius 1 is 0.926 bits per heavy atom. The third-order valence-electron chi connectivity index (χ3n) is 4.14. The van der Waals surface area contributed by atoms with Crippen LogP contribution < -0.4 is 4.74 Å². The summed E-state index contributed by atoms with van der Waals surface area (Å²) in [4.78, 5) is 12.2. The summed E-state index contributed by atoms with van der Waals surface area (Å²) in [7, 11) is 0. The van der Waals surface area contributed by atoms with Gasteiger partial charge in [0.1, 0.15) is 12.4 Å². The van der Waals surface area contributed by atoms with Crippen molar-refractivity contribution in [2.45, 2.75) is 33.6 Å². The van der Waals surface area contributed by atoms with Crippen molar-refractivity contribution < 1.29 is 9.53 Å². The molecule has 2 nitrogen and oxygen atoms in total. The van der Waals surface area contributed by atoms with Gasteiger partial charge in [-0.2, -0.15) is 0 Å².